The number of hydrogen-bond acceptors (Lipinski definition) is 3. The van der Waals surface area contributed by atoms with E-state index in [1.807, 2.05) is 48.7 Å². The van der Waals surface area contributed by atoms with Crippen molar-refractivity contribution in [3.63, 3.8) is 0 Å². The number of aromatic nitrogens is 3. The molecule has 0 aliphatic rings. The van der Waals surface area contributed by atoms with Crippen molar-refractivity contribution in [2.45, 2.75) is 6.42 Å². The first-order chi connectivity index (χ1) is 12.3. The lowest BCUT2D eigenvalue weighted by atomic mass is 10.1. The van der Waals surface area contributed by atoms with Gasteiger partial charge in [-0.2, -0.15) is 0 Å². The van der Waals surface area contributed by atoms with Crippen LogP contribution in [-0.2, 0) is 6.42 Å². The standard InChI is InChI=1S/C20H17N3O2.ClH/c1-25-17-9-7-16(8-10-17)23-20(24)18-13-21-12-15(19(18)22-23)11-14-5-3-2-4-6-14;/h2-10,12-13,22H,11H2,1H3;1H. The molecule has 0 saturated heterocycles. The Labute approximate surface area is 156 Å². The second-order valence-electron chi connectivity index (χ2n) is 5.83. The van der Waals surface area contributed by atoms with E-state index < -0.39 is 0 Å². The summed E-state index contributed by atoms with van der Waals surface area (Å²) in [5, 5.41) is 3.82. The van der Waals surface area contributed by atoms with Crippen LogP contribution in [-0.4, -0.2) is 21.9 Å². The summed E-state index contributed by atoms with van der Waals surface area (Å²) < 4.78 is 6.71. The Morgan fingerprint density at radius 3 is 2.46 bits per heavy atom. The molecule has 0 bridgehead atoms. The first-order valence-corrected chi connectivity index (χ1v) is 8.02. The minimum absolute atomic E-state index is 0. The predicted molar refractivity (Wildman–Crippen MR) is 105 cm³/mol. The van der Waals surface area contributed by atoms with Crippen LogP contribution in [0.3, 0.4) is 0 Å². The van der Waals surface area contributed by atoms with E-state index in [4.69, 9.17) is 4.74 Å². The van der Waals surface area contributed by atoms with Crippen molar-refractivity contribution < 1.29 is 4.74 Å². The molecule has 4 rings (SSSR count). The van der Waals surface area contributed by atoms with Gasteiger partial charge in [0.1, 0.15) is 5.75 Å². The lowest BCUT2D eigenvalue weighted by molar-refractivity contribution is 0.414. The molecule has 1 N–H and O–H groups in total. The molecule has 0 spiro atoms. The molecule has 2 aromatic carbocycles. The highest BCUT2D eigenvalue weighted by Crippen LogP contribution is 2.19. The molecule has 26 heavy (non-hydrogen) atoms. The second kappa shape index (κ2) is 7.45. The van der Waals surface area contributed by atoms with Gasteiger partial charge in [0, 0.05) is 24.4 Å². The maximum absolute atomic E-state index is 12.7. The Hall–Kier alpha value is -3.05. The molecule has 5 nitrogen and oxygen atoms in total. The molecule has 4 aromatic rings. The average Bonchev–Trinajstić information content (AvgIpc) is 3.01. The van der Waals surface area contributed by atoms with Crippen molar-refractivity contribution >= 4 is 23.3 Å². The number of pyridine rings is 1. The number of aromatic amines is 1. The smallest absolute Gasteiger partial charge is 0.280 e. The number of benzene rings is 2. The SMILES string of the molecule is COc1ccc(-n2[nH]c3c(Cc4ccccc4)cncc3c2=O)cc1.Cl. The maximum Gasteiger partial charge on any atom is 0.280 e. The van der Waals surface area contributed by atoms with Gasteiger partial charge < -0.3 is 4.74 Å². The molecule has 0 fully saturated rings. The molecule has 2 heterocycles. The van der Waals surface area contributed by atoms with E-state index >= 15 is 0 Å². The van der Waals surface area contributed by atoms with Gasteiger partial charge >= 0.3 is 0 Å². The minimum atomic E-state index is -0.109. The third-order valence-corrected chi connectivity index (χ3v) is 4.25. The van der Waals surface area contributed by atoms with Gasteiger partial charge in [0.05, 0.1) is 23.7 Å². The molecule has 0 unspecified atom stereocenters. The number of nitrogens with one attached hydrogen (secondary N) is 1. The molecule has 0 radical (unpaired) electrons. The summed E-state index contributed by atoms with van der Waals surface area (Å²) in [6.07, 6.45) is 4.14. The highest BCUT2D eigenvalue weighted by Gasteiger charge is 2.12. The summed E-state index contributed by atoms with van der Waals surface area (Å²) in [6, 6.07) is 17.5. The van der Waals surface area contributed by atoms with Crippen molar-refractivity contribution in [2.24, 2.45) is 0 Å². The molecule has 6 heteroatoms. The van der Waals surface area contributed by atoms with Crippen LogP contribution in [0.15, 0.2) is 71.8 Å². The summed E-state index contributed by atoms with van der Waals surface area (Å²) >= 11 is 0. The summed E-state index contributed by atoms with van der Waals surface area (Å²) in [6.45, 7) is 0. The number of rotatable bonds is 4. The van der Waals surface area contributed by atoms with Gasteiger partial charge in [-0.05, 0) is 29.8 Å². The van der Waals surface area contributed by atoms with E-state index in [1.165, 1.54) is 5.56 Å². The van der Waals surface area contributed by atoms with Crippen molar-refractivity contribution in [3.8, 4) is 11.4 Å². The molecule has 2 aromatic heterocycles. The van der Waals surface area contributed by atoms with Crippen LogP contribution in [0.4, 0.5) is 0 Å². The molecule has 0 atom stereocenters. The highest BCUT2D eigenvalue weighted by atomic mass is 35.5. The first-order valence-electron chi connectivity index (χ1n) is 8.02. The molecule has 0 amide bonds. The monoisotopic (exact) mass is 367 g/mol. The minimum Gasteiger partial charge on any atom is -0.497 e. The molecular weight excluding hydrogens is 350 g/mol. The van der Waals surface area contributed by atoms with Crippen molar-refractivity contribution in [2.75, 3.05) is 7.11 Å². The molecule has 0 saturated carbocycles. The van der Waals surface area contributed by atoms with Crippen LogP contribution < -0.4 is 10.3 Å². The zero-order valence-corrected chi connectivity index (χ0v) is 15.0. The van der Waals surface area contributed by atoms with Gasteiger partial charge in [-0.1, -0.05) is 30.3 Å². The summed E-state index contributed by atoms with van der Waals surface area (Å²) in [5.74, 6) is 0.749. The van der Waals surface area contributed by atoms with Crippen LogP contribution >= 0.6 is 12.4 Å². The summed E-state index contributed by atoms with van der Waals surface area (Å²) in [4.78, 5) is 17.0. The lowest BCUT2D eigenvalue weighted by Crippen LogP contribution is -2.14. The zero-order chi connectivity index (χ0) is 17.2. The Morgan fingerprint density at radius 2 is 1.77 bits per heavy atom. The lowest BCUT2D eigenvalue weighted by Gasteiger charge is -2.04. The Kier molecular flexibility index (Phi) is 5.09. The van der Waals surface area contributed by atoms with E-state index in [0.29, 0.717) is 11.8 Å². The number of ether oxygens (including phenoxy) is 1. The number of fused-ring (bicyclic) bond motifs is 1. The molecule has 0 aliphatic carbocycles. The summed E-state index contributed by atoms with van der Waals surface area (Å²) in [5.41, 5.74) is 3.64. The molecule has 132 valence electrons. The van der Waals surface area contributed by atoms with E-state index in [-0.39, 0.29) is 18.0 Å². The normalized spacial score (nSPS) is 10.5. The average molecular weight is 368 g/mol. The van der Waals surface area contributed by atoms with Gasteiger partial charge in [-0.15, -0.1) is 12.4 Å². The van der Waals surface area contributed by atoms with E-state index in [0.717, 1.165) is 22.5 Å². The quantitative estimate of drug-likeness (QED) is 0.597. The number of H-pyrrole nitrogens is 1. The first kappa shape index (κ1) is 17.8. The van der Waals surface area contributed by atoms with Crippen LogP contribution in [0.2, 0.25) is 0 Å². The topological polar surface area (TPSA) is 59.9 Å². The third-order valence-electron chi connectivity index (χ3n) is 4.25. The van der Waals surface area contributed by atoms with Gasteiger partial charge in [0.15, 0.2) is 0 Å². The fourth-order valence-electron chi connectivity index (χ4n) is 2.94. The third kappa shape index (κ3) is 3.21. The molecule has 0 aliphatic heterocycles. The highest BCUT2D eigenvalue weighted by molar-refractivity contribution is 5.85. The fourth-order valence-corrected chi connectivity index (χ4v) is 2.94. The predicted octanol–water partition coefficient (Wildman–Crippen LogP) is 3.74. The van der Waals surface area contributed by atoms with E-state index in [1.54, 1.807) is 18.0 Å². The fraction of sp³-hybridized carbons (Fsp3) is 0.100. The van der Waals surface area contributed by atoms with Crippen molar-refractivity contribution in [3.05, 3.63) is 88.5 Å². The largest absolute Gasteiger partial charge is 0.497 e. The number of nitrogens with zero attached hydrogens (tertiary/aromatic N) is 2. The number of methoxy groups -OCH3 is 1. The van der Waals surface area contributed by atoms with Gasteiger partial charge in [-0.3, -0.25) is 14.9 Å². The Bertz CT molecular complexity index is 1070. The number of hydrogen-bond donors (Lipinski definition) is 1. The molecular formula is C20H18ClN3O2. The van der Waals surface area contributed by atoms with Crippen molar-refractivity contribution in [1.82, 2.24) is 14.8 Å². The van der Waals surface area contributed by atoms with Crippen LogP contribution in [0, 0.1) is 0 Å². The number of halogens is 1. The van der Waals surface area contributed by atoms with Gasteiger partial charge in [-0.25, -0.2) is 4.68 Å². The Balaban J connectivity index is 0.00000196. The second-order valence-corrected chi connectivity index (χ2v) is 5.83. The van der Waals surface area contributed by atoms with Crippen LogP contribution in [0.25, 0.3) is 16.6 Å². The van der Waals surface area contributed by atoms with Crippen LogP contribution in [0.5, 0.6) is 5.75 Å². The maximum atomic E-state index is 12.7. The van der Waals surface area contributed by atoms with Crippen LogP contribution in [0.1, 0.15) is 11.1 Å². The van der Waals surface area contributed by atoms with E-state index in [2.05, 4.69) is 22.2 Å². The summed E-state index contributed by atoms with van der Waals surface area (Å²) in [7, 11) is 1.62. The Morgan fingerprint density at radius 1 is 1.04 bits per heavy atom. The van der Waals surface area contributed by atoms with Gasteiger partial charge in [0.2, 0.25) is 0 Å². The van der Waals surface area contributed by atoms with E-state index in [9.17, 15) is 4.79 Å². The van der Waals surface area contributed by atoms with Gasteiger partial charge in [0.25, 0.3) is 5.56 Å². The van der Waals surface area contributed by atoms with Crippen molar-refractivity contribution in [1.29, 1.82) is 0 Å². The zero-order valence-electron chi connectivity index (χ0n) is 14.2.